The fraction of sp³-hybridized carbons (Fsp3) is 0.364. The van der Waals surface area contributed by atoms with Crippen molar-refractivity contribution in [3.05, 3.63) is 94.5 Å². The van der Waals surface area contributed by atoms with Crippen LogP contribution in [0, 0.1) is 20.8 Å². The Hall–Kier alpha value is -4.13. The quantitative estimate of drug-likeness (QED) is 0.345. The number of fused-ring (bicyclic) bond motifs is 1. The first-order chi connectivity index (χ1) is 19.0. The summed E-state index contributed by atoms with van der Waals surface area (Å²) in [5, 5.41) is 8.82. The van der Waals surface area contributed by atoms with Gasteiger partial charge >= 0.3 is 6.03 Å². The molecule has 0 fully saturated rings. The smallest absolute Gasteiger partial charge is 0.319 e. The number of anilines is 2. The summed E-state index contributed by atoms with van der Waals surface area (Å²) in [6, 6.07) is 20.4. The number of nitrogens with zero attached hydrogens (tertiary/aromatic N) is 1. The van der Waals surface area contributed by atoms with Gasteiger partial charge < -0.3 is 20.9 Å². The Morgan fingerprint density at radius 1 is 0.900 bits per heavy atom. The molecule has 210 valence electrons. The van der Waals surface area contributed by atoms with E-state index in [1.54, 1.807) is 0 Å². The van der Waals surface area contributed by atoms with Gasteiger partial charge in [0.15, 0.2) is 0 Å². The first-order valence-corrected chi connectivity index (χ1v) is 13.9. The first-order valence-electron chi connectivity index (χ1n) is 13.9. The number of aryl methyl sites for hydroxylation is 3. The van der Waals surface area contributed by atoms with E-state index in [9.17, 15) is 14.4 Å². The van der Waals surface area contributed by atoms with E-state index in [4.69, 9.17) is 0 Å². The van der Waals surface area contributed by atoms with Crippen molar-refractivity contribution in [2.24, 2.45) is 0 Å². The highest BCUT2D eigenvalue weighted by Gasteiger charge is 2.38. The summed E-state index contributed by atoms with van der Waals surface area (Å²) in [6.07, 6.45) is 1.11. The Morgan fingerprint density at radius 2 is 1.50 bits per heavy atom. The molecule has 4 rings (SSSR count). The maximum atomic E-state index is 14.2. The number of nitrogens with one attached hydrogen (secondary N) is 3. The zero-order valence-corrected chi connectivity index (χ0v) is 24.3. The van der Waals surface area contributed by atoms with Gasteiger partial charge in [0.2, 0.25) is 11.8 Å². The molecule has 1 aliphatic rings. The van der Waals surface area contributed by atoms with Crippen LogP contribution in [0.4, 0.5) is 16.2 Å². The highest BCUT2D eigenvalue weighted by atomic mass is 16.2. The van der Waals surface area contributed by atoms with E-state index >= 15 is 0 Å². The van der Waals surface area contributed by atoms with Crippen molar-refractivity contribution in [3.63, 3.8) is 0 Å². The fourth-order valence-corrected chi connectivity index (χ4v) is 4.96. The number of urea groups is 1. The van der Waals surface area contributed by atoms with Crippen LogP contribution in [0.1, 0.15) is 67.3 Å². The summed E-state index contributed by atoms with van der Waals surface area (Å²) < 4.78 is 0. The lowest BCUT2D eigenvalue weighted by molar-refractivity contribution is -0.125. The van der Waals surface area contributed by atoms with Gasteiger partial charge in [-0.1, -0.05) is 66.6 Å². The lowest BCUT2D eigenvalue weighted by Gasteiger charge is -2.29. The van der Waals surface area contributed by atoms with Crippen molar-refractivity contribution in [2.45, 2.75) is 71.9 Å². The minimum absolute atomic E-state index is 0.142. The molecule has 40 heavy (non-hydrogen) atoms. The molecule has 0 radical (unpaired) electrons. The van der Waals surface area contributed by atoms with Crippen molar-refractivity contribution in [1.29, 1.82) is 0 Å². The second-order valence-electron chi connectivity index (χ2n) is 11.5. The molecular weight excluding hydrogens is 500 g/mol. The van der Waals surface area contributed by atoms with Gasteiger partial charge in [-0.05, 0) is 82.3 Å². The number of rotatable bonds is 7. The SMILES string of the molecule is CCC(C)(C)NC(=O)CN1C(=O)C(NC(=O)Nc2ccc(C)cc2)CC(c2ccc(C)cc2)c2ccc(C)cc21. The number of hydrogen-bond donors (Lipinski definition) is 3. The molecule has 0 aliphatic carbocycles. The zero-order chi connectivity index (χ0) is 29.0. The minimum atomic E-state index is -0.851. The average molecular weight is 541 g/mol. The van der Waals surface area contributed by atoms with Gasteiger partial charge in [0.25, 0.3) is 0 Å². The van der Waals surface area contributed by atoms with Crippen LogP contribution in [0.15, 0.2) is 66.7 Å². The Bertz CT molecular complexity index is 1380. The molecule has 1 heterocycles. The maximum Gasteiger partial charge on any atom is 0.319 e. The summed E-state index contributed by atoms with van der Waals surface area (Å²) in [6.45, 7) is 11.8. The Labute approximate surface area is 237 Å². The van der Waals surface area contributed by atoms with Gasteiger partial charge in [-0.15, -0.1) is 0 Å². The molecule has 0 saturated heterocycles. The maximum absolute atomic E-state index is 14.2. The second kappa shape index (κ2) is 11.9. The summed E-state index contributed by atoms with van der Waals surface area (Å²) in [4.78, 5) is 42.0. The van der Waals surface area contributed by atoms with Crippen LogP contribution in [-0.2, 0) is 9.59 Å². The molecule has 7 heteroatoms. The van der Waals surface area contributed by atoms with Crippen LogP contribution in [0.2, 0.25) is 0 Å². The van der Waals surface area contributed by atoms with E-state index in [1.165, 1.54) is 4.90 Å². The Morgan fingerprint density at radius 3 is 2.12 bits per heavy atom. The monoisotopic (exact) mass is 540 g/mol. The number of carbonyl (C=O) groups excluding carboxylic acids is 3. The number of carbonyl (C=O) groups is 3. The van der Waals surface area contributed by atoms with Crippen LogP contribution in [0.3, 0.4) is 0 Å². The third-order valence-electron chi connectivity index (χ3n) is 7.65. The molecule has 3 N–H and O–H groups in total. The average Bonchev–Trinajstić information content (AvgIpc) is 3.00. The van der Waals surface area contributed by atoms with Gasteiger partial charge in [-0.2, -0.15) is 0 Å². The standard InChI is InChI=1S/C33H40N4O3/c1-7-33(5,6)36-30(38)20-37-29-18-23(4)12-17-26(29)27(24-13-8-21(2)9-14-24)19-28(31(37)39)35-32(40)34-25-15-10-22(3)11-16-25/h8-18,27-28H,7,19-20H2,1-6H3,(H,36,38)(H2,34,35,40). The van der Waals surface area contributed by atoms with Crippen molar-refractivity contribution in [3.8, 4) is 0 Å². The van der Waals surface area contributed by atoms with Gasteiger partial charge in [0.1, 0.15) is 12.6 Å². The van der Waals surface area contributed by atoms with Gasteiger partial charge in [-0.3, -0.25) is 9.59 Å². The molecule has 7 nitrogen and oxygen atoms in total. The summed E-state index contributed by atoms with van der Waals surface area (Å²) in [7, 11) is 0. The summed E-state index contributed by atoms with van der Waals surface area (Å²) >= 11 is 0. The largest absolute Gasteiger partial charge is 0.350 e. The lowest BCUT2D eigenvalue weighted by atomic mass is 9.85. The van der Waals surface area contributed by atoms with E-state index < -0.39 is 17.6 Å². The number of amides is 4. The number of hydrogen-bond acceptors (Lipinski definition) is 3. The van der Waals surface area contributed by atoms with E-state index in [1.807, 2.05) is 84.0 Å². The Balaban J connectivity index is 1.72. The van der Waals surface area contributed by atoms with Crippen molar-refractivity contribution < 1.29 is 14.4 Å². The van der Waals surface area contributed by atoms with Gasteiger partial charge in [0, 0.05) is 22.8 Å². The van der Waals surface area contributed by atoms with Crippen molar-refractivity contribution in [1.82, 2.24) is 10.6 Å². The molecular formula is C33H40N4O3. The third-order valence-corrected chi connectivity index (χ3v) is 7.65. The summed E-state index contributed by atoms with van der Waals surface area (Å²) in [5.74, 6) is -0.723. The molecule has 3 aromatic carbocycles. The van der Waals surface area contributed by atoms with Crippen LogP contribution in [0.5, 0.6) is 0 Å². The van der Waals surface area contributed by atoms with Crippen LogP contribution >= 0.6 is 0 Å². The highest BCUT2D eigenvalue weighted by molar-refractivity contribution is 6.05. The van der Waals surface area contributed by atoms with Gasteiger partial charge in [0.05, 0.1) is 0 Å². The molecule has 0 aromatic heterocycles. The first kappa shape index (κ1) is 28.9. The molecule has 2 atom stereocenters. The van der Waals surface area contributed by atoms with Crippen LogP contribution in [-0.4, -0.2) is 36.0 Å². The second-order valence-corrected chi connectivity index (χ2v) is 11.5. The topological polar surface area (TPSA) is 90.5 Å². The van der Waals surface area contributed by atoms with Gasteiger partial charge in [-0.25, -0.2) is 4.79 Å². The molecule has 0 bridgehead atoms. The molecule has 4 amide bonds. The van der Waals surface area contributed by atoms with E-state index in [0.717, 1.165) is 34.2 Å². The van der Waals surface area contributed by atoms with Crippen LogP contribution in [0.25, 0.3) is 0 Å². The highest BCUT2D eigenvalue weighted by Crippen LogP contribution is 2.40. The molecule has 0 saturated carbocycles. The van der Waals surface area contributed by atoms with E-state index in [2.05, 4.69) is 40.2 Å². The molecule has 3 aromatic rings. The molecule has 0 spiro atoms. The third kappa shape index (κ3) is 6.89. The zero-order valence-electron chi connectivity index (χ0n) is 24.3. The molecule has 2 unspecified atom stereocenters. The predicted molar refractivity (Wildman–Crippen MR) is 161 cm³/mol. The Kier molecular flexibility index (Phi) is 8.62. The van der Waals surface area contributed by atoms with Crippen molar-refractivity contribution >= 4 is 29.2 Å². The number of benzene rings is 3. The van der Waals surface area contributed by atoms with Crippen molar-refractivity contribution in [2.75, 3.05) is 16.8 Å². The van der Waals surface area contributed by atoms with Crippen LogP contribution < -0.4 is 20.9 Å². The predicted octanol–water partition coefficient (Wildman–Crippen LogP) is 5.98. The fourth-order valence-electron chi connectivity index (χ4n) is 4.96. The van der Waals surface area contributed by atoms with E-state index in [-0.39, 0.29) is 24.3 Å². The minimum Gasteiger partial charge on any atom is -0.350 e. The normalized spacial score (nSPS) is 17.1. The van der Waals surface area contributed by atoms with E-state index in [0.29, 0.717) is 17.8 Å². The molecule has 1 aliphatic heterocycles. The summed E-state index contributed by atoms with van der Waals surface area (Å²) in [5.41, 5.74) is 6.13. The lowest BCUT2D eigenvalue weighted by Crippen LogP contribution is -2.53.